The van der Waals surface area contributed by atoms with Crippen molar-refractivity contribution >= 4 is 15.9 Å². The molecule has 2 aromatic rings. The molecule has 3 N–H and O–H groups in total. The summed E-state index contributed by atoms with van der Waals surface area (Å²) in [5.41, 5.74) is 2.00. The minimum atomic E-state index is -3.64. The number of nitrogens with two attached hydrogens (primary N) is 1. The van der Waals surface area contributed by atoms with Crippen LogP contribution in [0.2, 0.25) is 0 Å². The van der Waals surface area contributed by atoms with E-state index in [1.54, 1.807) is 12.1 Å². The van der Waals surface area contributed by atoms with Gasteiger partial charge in [0.1, 0.15) is 0 Å². The summed E-state index contributed by atoms with van der Waals surface area (Å²) in [6, 6.07) is 16.1. The normalized spacial score (nSPS) is 11.2. The highest BCUT2D eigenvalue weighted by Crippen LogP contribution is 2.10. The molecule has 122 valence electrons. The first kappa shape index (κ1) is 17.2. The summed E-state index contributed by atoms with van der Waals surface area (Å²) in [6.07, 6.45) is 1.93. The van der Waals surface area contributed by atoms with Crippen molar-refractivity contribution in [2.75, 3.05) is 6.54 Å². The van der Waals surface area contributed by atoms with Crippen LogP contribution in [0.15, 0.2) is 59.5 Å². The lowest BCUT2D eigenvalue weighted by atomic mass is 10.1. The Morgan fingerprint density at radius 3 is 2.22 bits per heavy atom. The molecule has 0 aliphatic carbocycles. The van der Waals surface area contributed by atoms with Crippen LogP contribution in [0.5, 0.6) is 0 Å². The molecular weight excluding hydrogens is 312 g/mol. The van der Waals surface area contributed by atoms with E-state index in [1.807, 2.05) is 30.3 Å². The highest BCUT2D eigenvalue weighted by molar-refractivity contribution is 7.89. The standard InChI is InChI=1S/C17H20N2O3S/c18-23(21,22)16-10-8-14(9-11-16)7-4-12-19-17(20)13-15-5-2-1-3-6-15/h1-3,5-6,8-11H,4,7,12-13H2,(H,19,20)(H2,18,21,22). The molecule has 0 spiro atoms. The van der Waals surface area contributed by atoms with E-state index in [2.05, 4.69) is 5.32 Å². The van der Waals surface area contributed by atoms with Crippen molar-refractivity contribution in [2.24, 2.45) is 5.14 Å². The lowest BCUT2D eigenvalue weighted by Crippen LogP contribution is -2.26. The number of hydrogen-bond acceptors (Lipinski definition) is 3. The number of sulfonamides is 1. The SMILES string of the molecule is NS(=O)(=O)c1ccc(CCCNC(=O)Cc2ccccc2)cc1. The Bertz CT molecular complexity index is 741. The zero-order valence-electron chi connectivity index (χ0n) is 12.7. The molecule has 6 heteroatoms. The molecule has 0 saturated carbocycles. The molecule has 23 heavy (non-hydrogen) atoms. The van der Waals surface area contributed by atoms with Crippen LogP contribution in [-0.4, -0.2) is 20.9 Å². The van der Waals surface area contributed by atoms with Crippen LogP contribution in [0.1, 0.15) is 17.5 Å². The zero-order valence-corrected chi connectivity index (χ0v) is 13.6. The van der Waals surface area contributed by atoms with Crippen molar-refractivity contribution < 1.29 is 13.2 Å². The monoisotopic (exact) mass is 332 g/mol. The third kappa shape index (κ3) is 5.84. The maximum atomic E-state index is 11.8. The Balaban J connectivity index is 1.72. The molecule has 0 aliphatic rings. The largest absolute Gasteiger partial charge is 0.356 e. The number of aryl methyl sites for hydroxylation is 1. The second-order valence-electron chi connectivity index (χ2n) is 5.30. The fourth-order valence-electron chi connectivity index (χ4n) is 2.21. The van der Waals surface area contributed by atoms with Crippen LogP contribution in [0.4, 0.5) is 0 Å². The summed E-state index contributed by atoms with van der Waals surface area (Å²) in [5, 5.41) is 7.93. The van der Waals surface area contributed by atoms with Gasteiger partial charge in [-0.1, -0.05) is 42.5 Å². The molecule has 1 amide bonds. The van der Waals surface area contributed by atoms with E-state index in [4.69, 9.17) is 5.14 Å². The molecule has 2 rings (SSSR count). The average Bonchev–Trinajstić information content (AvgIpc) is 2.52. The van der Waals surface area contributed by atoms with E-state index in [0.717, 1.165) is 24.0 Å². The number of carbonyl (C=O) groups is 1. The number of rotatable bonds is 7. The van der Waals surface area contributed by atoms with Gasteiger partial charge in [0.05, 0.1) is 11.3 Å². The van der Waals surface area contributed by atoms with Gasteiger partial charge in [0, 0.05) is 6.54 Å². The minimum Gasteiger partial charge on any atom is -0.356 e. The molecule has 0 heterocycles. The quantitative estimate of drug-likeness (QED) is 0.755. The maximum absolute atomic E-state index is 11.8. The topological polar surface area (TPSA) is 89.3 Å². The van der Waals surface area contributed by atoms with Gasteiger partial charge in [0.15, 0.2) is 0 Å². The fraction of sp³-hybridized carbons (Fsp3) is 0.235. The van der Waals surface area contributed by atoms with Crippen LogP contribution in [-0.2, 0) is 27.7 Å². The molecule has 0 unspecified atom stereocenters. The average molecular weight is 332 g/mol. The first-order valence-corrected chi connectivity index (χ1v) is 8.92. The van der Waals surface area contributed by atoms with Crippen molar-refractivity contribution in [2.45, 2.75) is 24.2 Å². The molecule has 0 radical (unpaired) electrons. The molecular formula is C17H20N2O3S. The third-order valence-corrected chi connectivity index (χ3v) is 4.35. The van der Waals surface area contributed by atoms with Gasteiger partial charge in [-0.25, -0.2) is 13.6 Å². The Kier molecular flexibility index (Phi) is 5.90. The van der Waals surface area contributed by atoms with Gasteiger partial charge in [-0.05, 0) is 36.1 Å². The van der Waals surface area contributed by atoms with E-state index in [1.165, 1.54) is 12.1 Å². The highest BCUT2D eigenvalue weighted by atomic mass is 32.2. The molecule has 0 saturated heterocycles. The maximum Gasteiger partial charge on any atom is 0.238 e. The lowest BCUT2D eigenvalue weighted by Gasteiger charge is -2.06. The number of benzene rings is 2. The van der Waals surface area contributed by atoms with Gasteiger partial charge in [-0.2, -0.15) is 0 Å². The summed E-state index contributed by atoms with van der Waals surface area (Å²) in [7, 11) is -3.64. The van der Waals surface area contributed by atoms with Gasteiger partial charge in [0.25, 0.3) is 0 Å². The summed E-state index contributed by atoms with van der Waals surface area (Å²) in [6.45, 7) is 0.586. The van der Waals surface area contributed by atoms with Crippen molar-refractivity contribution in [1.29, 1.82) is 0 Å². The van der Waals surface area contributed by atoms with Gasteiger partial charge in [-0.15, -0.1) is 0 Å². The zero-order chi connectivity index (χ0) is 16.7. The summed E-state index contributed by atoms with van der Waals surface area (Å²) in [5.74, 6) is 0.000716. The second kappa shape index (κ2) is 7.89. The first-order valence-electron chi connectivity index (χ1n) is 7.37. The van der Waals surface area contributed by atoms with E-state index in [-0.39, 0.29) is 10.8 Å². The van der Waals surface area contributed by atoms with Crippen molar-refractivity contribution in [3.05, 3.63) is 65.7 Å². The number of nitrogens with one attached hydrogen (secondary N) is 1. The van der Waals surface area contributed by atoms with Crippen LogP contribution in [0.3, 0.4) is 0 Å². The van der Waals surface area contributed by atoms with E-state index in [0.29, 0.717) is 13.0 Å². The Hall–Kier alpha value is -2.18. The van der Waals surface area contributed by atoms with E-state index in [9.17, 15) is 13.2 Å². The highest BCUT2D eigenvalue weighted by Gasteiger charge is 2.06. The number of carbonyl (C=O) groups excluding carboxylic acids is 1. The Labute approximate surface area is 136 Å². The molecule has 0 bridgehead atoms. The van der Waals surface area contributed by atoms with E-state index < -0.39 is 10.0 Å². The molecule has 2 aromatic carbocycles. The smallest absolute Gasteiger partial charge is 0.238 e. The van der Waals surface area contributed by atoms with Crippen molar-refractivity contribution in [1.82, 2.24) is 5.32 Å². The van der Waals surface area contributed by atoms with Crippen molar-refractivity contribution in [3.8, 4) is 0 Å². The summed E-state index contributed by atoms with van der Waals surface area (Å²) in [4.78, 5) is 11.9. The lowest BCUT2D eigenvalue weighted by molar-refractivity contribution is -0.120. The van der Waals surface area contributed by atoms with Crippen molar-refractivity contribution in [3.63, 3.8) is 0 Å². The Morgan fingerprint density at radius 2 is 1.61 bits per heavy atom. The second-order valence-corrected chi connectivity index (χ2v) is 6.87. The van der Waals surface area contributed by atoms with Crippen LogP contribution in [0, 0.1) is 0 Å². The summed E-state index contributed by atoms with van der Waals surface area (Å²) >= 11 is 0. The first-order chi connectivity index (χ1) is 10.9. The van der Waals surface area contributed by atoms with Gasteiger partial charge < -0.3 is 5.32 Å². The van der Waals surface area contributed by atoms with Crippen LogP contribution >= 0.6 is 0 Å². The Morgan fingerprint density at radius 1 is 0.957 bits per heavy atom. The summed E-state index contributed by atoms with van der Waals surface area (Å²) < 4.78 is 22.3. The predicted octanol–water partition coefficient (Wildman–Crippen LogP) is 1.63. The molecule has 0 fully saturated rings. The predicted molar refractivity (Wildman–Crippen MR) is 89.3 cm³/mol. The van der Waals surface area contributed by atoms with Crippen LogP contribution in [0.25, 0.3) is 0 Å². The number of hydrogen-bond donors (Lipinski definition) is 2. The molecule has 5 nitrogen and oxygen atoms in total. The van der Waals surface area contributed by atoms with Gasteiger partial charge in [-0.3, -0.25) is 4.79 Å². The molecule has 0 atom stereocenters. The minimum absolute atomic E-state index is 0.000716. The number of primary sulfonamides is 1. The fourth-order valence-corrected chi connectivity index (χ4v) is 2.73. The van der Waals surface area contributed by atoms with Gasteiger partial charge >= 0.3 is 0 Å². The van der Waals surface area contributed by atoms with E-state index >= 15 is 0 Å². The van der Waals surface area contributed by atoms with Gasteiger partial charge in [0.2, 0.25) is 15.9 Å². The molecule has 0 aromatic heterocycles. The third-order valence-electron chi connectivity index (χ3n) is 3.42. The van der Waals surface area contributed by atoms with Crippen LogP contribution < -0.4 is 10.5 Å². The number of amides is 1. The molecule has 0 aliphatic heterocycles.